The van der Waals surface area contributed by atoms with E-state index in [0.29, 0.717) is 5.56 Å². The highest BCUT2D eigenvalue weighted by Gasteiger charge is 2.46. The number of fused-ring (bicyclic) bond motifs is 1. The van der Waals surface area contributed by atoms with Gasteiger partial charge in [0.05, 0.1) is 38.9 Å². The molecule has 71 heavy (non-hydrogen) atoms. The first-order chi connectivity index (χ1) is 33.6. The van der Waals surface area contributed by atoms with Crippen LogP contribution in [0.3, 0.4) is 0 Å². The van der Waals surface area contributed by atoms with Crippen molar-refractivity contribution in [2.45, 2.75) is 105 Å². The van der Waals surface area contributed by atoms with Gasteiger partial charge in [0, 0.05) is 36.6 Å². The lowest BCUT2D eigenvalue weighted by atomic mass is 10.1. The van der Waals surface area contributed by atoms with Gasteiger partial charge in [0.15, 0.2) is 29.8 Å². The number of nitrogen functional groups attached to an aromatic ring is 2. The number of aliphatic hydroxyl groups is 11. The second-order valence-electron chi connectivity index (χ2n) is 16.1. The minimum absolute atomic E-state index is 0.0388. The van der Waals surface area contributed by atoms with Gasteiger partial charge in [-0.3, -0.25) is 47.6 Å². The first kappa shape index (κ1) is 53.9. The van der Waals surface area contributed by atoms with Crippen LogP contribution in [0.1, 0.15) is 36.9 Å². The summed E-state index contributed by atoms with van der Waals surface area (Å²) in [6, 6.07) is 2.46. The second-order valence-corrected chi connectivity index (χ2v) is 16.1. The lowest BCUT2D eigenvalue weighted by Crippen LogP contribution is -2.37. The number of aliphatic hydroxyl groups excluding tert-OH is 11. The van der Waals surface area contributed by atoms with Crippen LogP contribution in [0.5, 0.6) is 0 Å². The summed E-state index contributed by atoms with van der Waals surface area (Å²) in [5.41, 5.74) is 7.77. The van der Waals surface area contributed by atoms with Gasteiger partial charge in [-0.25, -0.2) is 19.4 Å². The fourth-order valence-electron chi connectivity index (χ4n) is 7.56. The molecule has 18 N–H and O–H groups in total. The lowest BCUT2D eigenvalue weighted by molar-refractivity contribution is -0.0550. The molecule has 390 valence electrons. The number of aryl methyl sites for hydroxylation is 1. The van der Waals surface area contributed by atoms with Crippen LogP contribution >= 0.6 is 0 Å². The zero-order chi connectivity index (χ0) is 52.2. The van der Waals surface area contributed by atoms with Crippen LogP contribution in [-0.4, -0.2) is 198 Å². The van der Waals surface area contributed by atoms with Crippen LogP contribution < -0.4 is 45.2 Å². The molecule has 4 aliphatic rings. The molecule has 5 aromatic heterocycles. The van der Waals surface area contributed by atoms with Gasteiger partial charge in [-0.15, -0.1) is 0 Å². The monoisotopic (exact) mass is 1010 g/mol. The van der Waals surface area contributed by atoms with Crippen LogP contribution in [-0.2, 0) is 18.9 Å². The summed E-state index contributed by atoms with van der Waals surface area (Å²) in [4.78, 5) is 86.0. The van der Waals surface area contributed by atoms with E-state index in [-0.39, 0.29) is 36.0 Å². The molecule has 0 unspecified atom stereocenters. The Balaban J connectivity index is 0.000000155. The third kappa shape index (κ3) is 11.5. The maximum Gasteiger partial charge on any atom is 0.351 e. The van der Waals surface area contributed by atoms with E-state index in [9.17, 15) is 64.5 Å². The fourth-order valence-corrected chi connectivity index (χ4v) is 7.56. The second kappa shape index (κ2) is 22.8. The molecule has 4 fully saturated rings. The quantitative estimate of drug-likeness (QED) is 0.0686. The Morgan fingerprint density at radius 3 is 1.61 bits per heavy atom. The summed E-state index contributed by atoms with van der Waals surface area (Å²) in [6.07, 6.45) is -10.6. The molecule has 9 rings (SSSR count). The maximum atomic E-state index is 11.7. The number of rotatable bonds is 8. The summed E-state index contributed by atoms with van der Waals surface area (Å²) >= 11 is 0. The normalized spacial score (nSPS) is 31.1. The van der Waals surface area contributed by atoms with Gasteiger partial charge < -0.3 is 86.6 Å². The molecule has 9 heterocycles. The minimum Gasteiger partial charge on any atom is -0.394 e. The zero-order valence-corrected chi connectivity index (χ0v) is 36.9. The number of aromatic amines is 3. The van der Waals surface area contributed by atoms with E-state index in [1.807, 2.05) is 4.98 Å². The molecule has 0 amide bonds. The average molecular weight is 1010 g/mol. The summed E-state index contributed by atoms with van der Waals surface area (Å²) in [5.74, 6) is -0.0472. The Kier molecular flexibility index (Phi) is 17.3. The molecule has 5 aromatic rings. The van der Waals surface area contributed by atoms with Gasteiger partial charge in [-0.05, 0) is 13.0 Å². The van der Waals surface area contributed by atoms with Gasteiger partial charge in [-0.2, -0.15) is 9.97 Å². The number of ether oxygens (including phenoxy) is 4. The van der Waals surface area contributed by atoms with E-state index >= 15 is 0 Å². The van der Waals surface area contributed by atoms with E-state index in [0.717, 1.165) is 21.4 Å². The number of nitrogens with two attached hydrogens (primary N) is 2. The van der Waals surface area contributed by atoms with Crippen LogP contribution in [0.2, 0.25) is 0 Å². The number of imidazole rings is 1. The lowest BCUT2D eigenvalue weighted by Gasteiger charge is -2.16. The van der Waals surface area contributed by atoms with Gasteiger partial charge in [0.1, 0.15) is 73.1 Å². The Hall–Kier alpha value is -6.41. The molecule has 33 heteroatoms. The number of nitrogens with zero attached hydrogens (tertiary/aromatic N) is 7. The Morgan fingerprint density at radius 2 is 1.11 bits per heavy atom. The van der Waals surface area contributed by atoms with Crippen molar-refractivity contribution in [3.8, 4) is 0 Å². The van der Waals surface area contributed by atoms with Crippen molar-refractivity contribution < 1.29 is 75.1 Å². The van der Waals surface area contributed by atoms with Crippen molar-refractivity contribution >= 4 is 22.9 Å². The number of aromatic nitrogens is 10. The SMILES string of the molecule is Cc1cn([C@H]2C[C@H](O)[C@@H](CO)O2)c(=O)[nH]c1=O.Nc1ccn([C@@H]2O[C@H](CO)[C@@H](O)[C@H]2O)c(=O)n1.Nc1nc2c(ncn2[C@@H]2O[C@H](CO)[C@@H](O)[C@H]2O)c(=O)[nH]1.O=c1ccn([C@@H]2O[C@H](CO)[C@@H](O)[C@H]2O)c(=O)[nH]1. The first-order valence-corrected chi connectivity index (χ1v) is 21.2. The van der Waals surface area contributed by atoms with Crippen LogP contribution in [0.25, 0.3) is 11.2 Å². The Bertz CT molecular complexity index is 2970. The number of hydrogen-bond acceptors (Lipinski definition) is 26. The molecule has 0 saturated carbocycles. The van der Waals surface area contributed by atoms with Crippen LogP contribution in [0, 0.1) is 6.92 Å². The number of H-pyrrole nitrogens is 3. The first-order valence-electron chi connectivity index (χ1n) is 21.2. The predicted octanol–water partition coefficient (Wildman–Crippen LogP) is -9.62. The van der Waals surface area contributed by atoms with E-state index in [2.05, 4.69) is 24.9 Å². The molecule has 15 atom stereocenters. The van der Waals surface area contributed by atoms with Gasteiger partial charge in [0.25, 0.3) is 16.7 Å². The summed E-state index contributed by atoms with van der Waals surface area (Å²) < 4.78 is 25.5. The van der Waals surface area contributed by atoms with Crippen molar-refractivity contribution in [3.63, 3.8) is 0 Å². The van der Waals surface area contributed by atoms with E-state index < -0.39 is 146 Å². The van der Waals surface area contributed by atoms with E-state index in [4.69, 9.17) is 50.8 Å². The maximum absolute atomic E-state index is 11.7. The van der Waals surface area contributed by atoms with Gasteiger partial charge in [-0.1, -0.05) is 0 Å². The number of hydrogen-bond donors (Lipinski definition) is 16. The molecule has 33 nitrogen and oxygen atoms in total. The zero-order valence-electron chi connectivity index (χ0n) is 36.9. The Labute approximate surface area is 394 Å². The predicted molar refractivity (Wildman–Crippen MR) is 234 cm³/mol. The number of anilines is 2. The molecule has 0 aliphatic carbocycles. The van der Waals surface area contributed by atoms with Crippen molar-refractivity contribution in [1.82, 2.24) is 48.2 Å². The van der Waals surface area contributed by atoms with Crippen molar-refractivity contribution in [2.24, 2.45) is 0 Å². The third-order valence-corrected chi connectivity index (χ3v) is 11.4. The molecular weight excluding hydrogens is 960 g/mol. The highest BCUT2D eigenvalue weighted by Crippen LogP contribution is 2.32. The fraction of sp³-hybridized carbons (Fsp3) is 0.553. The third-order valence-electron chi connectivity index (χ3n) is 11.4. The highest BCUT2D eigenvalue weighted by atomic mass is 16.6. The standard InChI is InChI=1S/C10H13N5O5.C10H14N2O5.C9H13N3O5.C9H12N2O6/c11-10-13-7-4(8(19)14-10)12-2-15(7)9-6(18)5(17)3(1-16)20-9;1-5-3-12(10(16)11-9(5)15)8-2-6(14)7(4-13)17-8;10-5-1-2-12(9(16)11-5)8-7(15)6(14)4(3-13)17-8;12-3-4-6(14)7(15)8(17-4)11-2-1-5(13)10-9(11)16/h2-3,5-6,9,16-18H,1H2,(H3,11,13,14,19);3,6-8,13-14H,2,4H2,1H3,(H,11,15,16);1-2,4,6-8,13-15H,3H2,(H2,10,11,16);1-2,4,6-8,12,14-15H,3H2,(H,10,13,16)/t3-,5-,6-,9-;6-,7+,8+;2*4-,6-,7-,8-/m1011/s1. The summed E-state index contributed by atoms with van der Waals surface area (Å²) in [6.45, 7) is -0.116. The average Bonchev–Trinajstić information content (AvgIpc) is 4.13. The van der Waals surface area contributed by atoms with Crippen molar-refractivity contribution in [2.75, 3.05) is 37.9 Å². The van der Waals surface area contributed by atoms with Crippen molar-refractivity contribution in [1.29, 1.82) is 0 Å². The molecule has 4 aliphatic heterocycles. The highest BCUT2D eigenvalue weighted by molar-refractivity contribution is 5.70. The number of nitrogens with one attached hydrogen (secondary N) is 3. The molecule has 0 spiro atoms. The topological polar surface area (TPSA) is 520 Å². The smallest absolute Gasteiger partial charge is 0.351 e. The molecular formula is C38H52N12O21. The minimum atomic E-state index is -1.35. The molecule has 0 bridgehead atoms. The molecule has 0 radical (unpaired) electrons. The van der Waals surface area contributed by atoms with Gasteiger partial charge in [0.2, 0.25) is 5.95 Å². The summed E-state index contributed by atoms with van der Waals surface area (Å²) in [7, 11) is 0. The Morgan fingerprint density at radius 1 is 0.606 bits per heavy atom. The van der Waals surface area contributed by atoms with Gasteiger partial charge >= 0.3 is 17.1 Å². The van der Waals surface area contributed by atoms with E-state index in [1.54, 1.807) is 6.92 Å². The molecule has 4 saturated heterocycles. The molecule has 0 aromatic carbocycles. The van der Waals surface area contributed by atoms with Crippen LogP contribution in [0.15, 0.2) is 65.8 Å². The van der Waals surface area contributed by atoms with Crippen molar-refractivity contribution in [3.05, 3.63) is 105 Å². The largest absolute Gasteiger partial charge is 0.394 e. The van der Waals surface area contributed by atoms with Crippen LogP contribution in [0.4, 0.5) is 11.8 Å². The summed E-state index contributed by atoms with van der Waals surface area (Å²) in [5, 5.41) is 103. The van der Waals surface area contributed by atoms with E-state index in [1.165, 1.54) is 33.9 Å².